The molecule has 1 atom stereocenters. The van der Waals surface area contributed by atoms with Crippen molar-refractivity contribution >= 4 is 23.2 Å². The van der Waals surface area contributed by atoms with E-state index in [1.165, 1.54) is 0 Å². The van der Waals surface area contributed by atoms with E-state index in [1.54, 1.807) is 23.0 Å². The number of halogens is 1. The smallest absolute Gasteiger partial charge is 0.253 e. The Hall–Kier alpha value is -2.01. The van der Waals surface area contributed by atoms with Gasteiger partial charge in [0.1, 0.15) is 0 Å². The minimum Gasteiger partial charge on any atom is -0.385 e. The lowest BCUT2D eigenvalue weighted by Gasteiger charge is -2.16. The predicted octanol–water partition coefficient (Wildman–Crippen LogP) is 2.79. The van der Waals surface area contributed by atoms with E-state index in [0.29, 0.717) is 17.1 Å². The second-order valence-corrected chi connectivity index (χ2v) is 5.26. The maximum absolute atomic E-state index is 12.4. The van der Waals surface area contributed by atoms with Gasteiger partial charge in [-0.05, 0) is 38.1 Å². The van der Waals surface area contributed by atoms with Crippen molar-refractivity contribution in [3.8, 4) is 0 Å². The van der Waals surface area contributed by atoms with Crippen molar-refractivity contribution in [3.05, 3.63) is 47.2 Å². The number of nitrogens with zero attached hydrogens (tertiary/aromatic N) is 2. The molecule has 1 heterocycles. The molecule has 0 fully saturated rings. The summed E-state index contributed by atoms with van der Waals surface area (Å²) in [6.07, 6.45) is 3.58. The van der Waals surface area contributed by atoms with Gasteiger partial charge in [0.2, 0.25) is 0 Å². The number of hydrogen-bond donors (Lipinski definition) is 2. The van der Waals surface area contributed by atoms with Gasteiger partial charge in [-0.25, -0.2) is 0 Å². The van der Waals surface area contributed by atoms with Gasteiger partial charge in [0.15, 0.2) is 0 Å². The van der Waals surface area contributed by atoms with Crippen LogP contribution < -0.4 is 10.6 Å². The lowest BCUT2D eigenvalue weighted by Crippen LogP contribution is -2.36. The van der Waals surface area contributed by atoms with Crippen molar-refractivity contribution in [1.29, 1.82) is 0 Å². The molecule has 2 N–H and O–H groups in total. The van der Waals surface area contributed by atoms with Gasteiger partial charge in [-0.15, -0.1) is 0 Å². The first-order valence-electron chi connectivity index (χ1n) is 6.92. The fourth-order valence-corrected chi connectivity index (χ4v) is 2.26. The van der Waals surface area contributed by atoms with E-state index in [0.717, 1.165) is 12.2 Å². The van der Waals surface area contributed by atoms with Crippen LogP contribution in [0.15, 0.2) is 36.7 Å². The quantitative estimate of drug-likeness (QED) is 0.863. The van der Waals surface area contributed by atoms with Gasteiger partial charge in [0, 0.05) is 35.7 Å². The number of anilines is 1. The Morgan fingerprint density at radius 3 is 2.95 bits per heavy atom. The molecule has 112 valence electrons. The molecule has 0 aliphatic rings. The molecule has 1 amide bonds. The van der Waals surface area contributed by atoms with Crippen LogP contribution in [0.25, 0.3) is 0 Å². The highest BCUT2D eigenvalue weighted by molar-refractivity contribution is 6.31. The van der Waals surface area contributed by atoms with Gasteiger partial charge in [-0.3, -0.25) is 9.48 Å². The average molecular weight is 307 g/mol. The maximum Gasteiger partial charge on any atom is 0.253 e. The lowest BCUT2D eigenvalue weighted by atomic mass is 10.1. The Balaban J connectivity index is 2.07. The summed E-state index contributed by atoms with van der Waals surface area (Å²) in [7, 11) is 0. The normalized spacial score (nSPS) is 12.0. The Morgan fingerprint density at radius 1 is 1.48 bits per heavy atom. The summed E-state index contributed by atoms with van der Waals surface area (Å²) in [4.78, 5) is 12.4. The first kappa shape index (κ1) is 15.4. The number of benzene rings is 1. The molecule has 1 unspecified atom stereocenters. The molecular formula is C15H19ClN4O. The van der Waals surface area contributed by atoms with E-state index < -0.39 is 0 Å². The molecule has 0 saturated carbocycles. The number of carbonyl (C=O) groups is 1. The van der Waals surface area contributed by atoms with Crippen molar-refractivity contribution in [3.63, 3.8) is 0 Å². The van der Waals surface area contributed by atoms with E-state index in [4.69, 9.17) is 11.6 Å². The van der Waals surface area contributed by atoms with Crippen molar-refractivity contribution < 1.29 is 4.79 Å². The van der Waals surface area contributed by atoms with E-state index >= 15 is 0 Å². The summed E-state index contributed by atoms with van der Waals surface area (Å²) >= 11 is 5.99. The topological polar surface area (TPSA) is 59.0 Å². The third-order valence-corrected chi connectivity index (χ3v) is 3.23. The number of nitrogens with one attached hydrogen (secondary N) is 2. The first-order chi connectivity index (χ1) is 10.1. The molecule has 2 rings (SSSR count). The number of rotatable bonds is 6. The number of amides is 1. The summed E-state index contributed by atoms with van der Waals surface area (Å²) in [6, 6.07) is 7.08. The summed E-state index contributed by atoms with van der Waals surface area (Å²) in [6.45, 7) is 5.29. The Bertz CT molecular complexity index is 598. The molecule has 0 saturated heterocycles. The minimum absolute atomic E-state index is 0.0362. The Kier molecular flexibility index (Phi) is 5.22. The molecule has 5 nitrogen and oxygen atoms in total. The van der Waals surface area contributed by atoms with Gasteiger partial charge in [0.25, 0.3) is 5.91 Å². The van der Waals surface area contributed by atoms with Crippen molar-refractivity contribution in [1.82, 2.24) is 15.1 Å². The van der Waals surface area contributed by atoms with E-state index in [9.17, 15) is 4.79 Å². The van der Waals surface area contributed by atoms with Crippen LogP contribution in [0.4, 0.5) is 5.69 Å². The van der Waals surface area contributed by atoms with E-state index in [-0.39, 0.29) is 11.9 Å². The Morgan fingerprint density at radius 2 is 2.29 bits per heavy atom. The molecule has 1 aromatic carbocycles. The first-order valence-corrected chi connectivity index (χ1v) is 7.29. The zero-order valence-electron chi connectivity index (χ0n) is 12.1. The summed E-state index contributed by atoms with van der Waals surface area (Å²) in [5.41, 5.74) is 1.34. The van der Waals surface area contributed by atoms with Gasteiger partial charge in [-0.1, -0.05) is 11.6 Å². The molecule has 1 aromatic heterocycles. The standard InChI is InChI=1S/C15H19ClN4O/c1-3-17-14-6-5-12(16)9-13(14)15(21)19-11(2)10-20-8-4-7-18-20/h4-9,11,17H,3,10H2,1-2H3,(H,19,21). The fourth-order valence-electron chi connectivity index (χ4n) is 2.09. The number of carbonyl (C=O) groups excluding carboxylic acids is 1. The second kappa shape index (κ2) is 7.13. The van der Waals surface area contributed by atoms with Crippen LogP contribution in [-0.2, 0) is 6.54 Å². The predicted molar refractivity (Wildman–Crippen MR) is 84.8 cm³/mol. The van der Waals surface area contributed by atoms with Gasteiger partial charge in [0.05, 0.1) is 12.1 Å². The van der Waals surface area contributed by atoms with E-state index in [2.05, 4.69) is 15.7 Å². The molecule has 0 bridgehead atoms. The molecular weight excluding hydrogens is 288 g/mol. The van der Waals surface area contributed by atoms with Crippen LogP contribution in [0.5, 0.6) is 0 Å². The molecule has 0 radical (unpaired) electrons. The zero-order chi connectivity index (χ0) is 15.2. The summed E-state index contributed by atoms with van der Waals surface area (Å²) in [5, 5.41) is 10.8. The molecule has 21 heavy (non-hydrogen) atoms. The summed E-state index contributed by atoms with van der Waals surface area (Å²) < 4.78 is 1.79. The third-order valence-electron chi connectivity index (χ3n) is 2.99. The highest BCUT2D eigenvalue weighted by atomic mass is 35.5. The van der Waals surface area contributed by atoms with Gasteiger partial charge < -0.3 is 10.6 Å². The van der Waals surface area contributed by atoms with Gasteiger partial charge >= 0.3 is 0 Å². The van der Waals surface area contributed by atoms with Crippen LogP contribution in [0.1, 0.15) is 24.2 Å². The van der Waals surface area contributed by atoms with Crippen molar-refractivity contribution in [2.45, 2.75) is 26.4 Å². The molecule has 0 aliphatic heterocycles. The highest BCUT2D eigenvalue weighted by Gasteiger charge is 2.14. The summed E-state index contributed by atoms with van der Waals surface area (Å²) in [5.74, 6) is -0.145. The molecule has 0 spiro atoms. The Labute approximate surface area is 129 Å². The number of aromatic nitrogens is 2. The SMILES string of the molecule is CCNc1ccc(Cl)cc1C(=O)NC(C)Cn1cccn1. The molecule has 6 heteroatoms. The van der Waals surface area contributed by atoms with Crippen molar-refractivity contribution in [2.75, 3.05) is 11.9 Å². The maximum atomic E-state index is 12.4. The lowest BCUT2D eigenvalue weighted by molar-refractivity contribution is 0.0937. The van der Waals surface area contributed by atoms with Crippen LogP contribution in [0.2, 0.25) is 5.02 Å². The zero-order valence-corrected chi connectivity index (χ0v) is 12.9. The van der Waals surface area contributed by atoms with Crippen LogP contribution in [0, 0.1) is 0 Å². The van der Waals surface area contributed by atoms with Crippen LogP contribution >= 0.6 is 11.6 Å². The average Bonchev–Trinajstić information content (AvgIpc) is 2.93. The van der Waals surface area contributed by atoms with E-state index in [1.807, 2.05) is 32.2 Å². The molecule has 0 aliphatic carbocycles. The fraction of sp³-hybridized carbons (Fsp3) is 0.333. The second-order valence-electron chi connectivity index (χ2n) is 4.82. The third kappa shape index (κ3) is 4.23. The highest BCUT2D eigenvalue weighted by Crippen LogP contribution is 2.20. The number of hydrogen-bond acceptors (Lipinski definition) is 3. The largest absolute Gasteiger partial charge is 0.385 e. The van der Waals surface area contributed by atoms with Crippen LogP contribution in [0.3, 0.4) is 0 Å². The van der Waals surface area contributed by atoms with Gasteiger partial charge in [-0.2, -0.15) is 5.10 Å². The molecule has 2 aromatic rings. The minimum atomic E-state index is -0.145. The van der Waals surface area contributed by atoms with Crippen molar-refractivity contribution in [2.24, 2.45) is 0 Å². The van der Waals surface area contributed by atoms with Crippen LogP contribution in [-0.4, -0.2) is 28.3 Å². The monoisotopic (exact) mass is 306 g/mol.